The van der Waals surface area contributed by atoms with Gasteiger partial charge < -0.3 is 66.8 Å². The number of ether oxygens (including phenoxy) is 4. The molecule has 1 aliphatic heterocycles. The van der Waals surface area contributed by atoms with Crippen LogP contribution in [0.2, 0.25) is 0 Å². The van der Waals surface area contributed by atoms with Gasteiger partial charge in [0.15, 0.2) is 6.23 Å². The van der Waals surface area contributed by atoms with E-state index in [0.29, 0.717) is 12.8 Å². The third-order valence-electron chi connectivity index (χ3n) is 12.8. The molecule has 4 aromatic rings. The van der Waals surface area contributed by atoms with Gasteiger partial charge in [0.1, 0.15) is 61.1 Å². The molecule has 27 heteroatoms. The highest BCUT2D eigenvalue weighted by molar-refractivity contribution is 7.47. The van der Waals surface area contributed by atoms with Gasteiger partial charge in [-0.25, -0.2) is 29.2 Å². The number of esters is 1. The summed E-state index contributed by atoms with van der Waals surface area (Å²) in [7, 11) is -5.02. The largest absolute Gasteiger partial charge is 0.493 e. The van der Waals surface area contributed by atoms with Crippen LogP contribution < -0.4 is 43.9 Å². The summed E-state index contributed by atoms with van der Waals surface area (Å²) < 4.78 is 45.6. The summed E-state index contributed by atoms with van der Waals surface area (Å²) in [6.07, 6.45) is -5.75. The van der Waals surface area contributed by atoms with Crippen molar-refractivity contribution < 1.29 is 71.7 Å². The highest BCUT2D eigenvalue weighted by atomic mass is 31.2. The van der Waals surface area contributed by atoms with Crippen molar-refractivity contribution in [2.75, 3.05) is 32.0 Å². The van der Waals surface area contributed by atoms with Crippen LogP contribution in [0.15, 0.2) is 101 Å². The van der Waals surface area contributed by atoms with Gasteiger partial charge in [0.05, 0.1) is 6.61 Å². The highest BCUT2D eigenvalue weighted by Crippen LogP contribution is 2.45. The van der Waals surface area contributed by atoms with Gasteiger partial charge in [-0.2, -0.15) is 9.61 Å². The first-order chi connectivity index (χ1) is 38.5. The molecule has 8 atom stereocenters. The van der Waals surface area contributed by atoms with Crippen LogP contribution in [-0.4, -0.2) is 129 Å². The lowest BCUT2D eigenvalue weighted by Gasteiger charge is -2.26. The molecule has 26 nitrogen and oxygen atoms in total. The number of nitrogens with two attached hydrogens (primary N) is 2. The molecular formula is C54H73N10O16P. The smallest absolute Gasteiger partial charge is 0.459 e. The zero-order chi connectivity index (χ0) is 58.9. The SMILES string of the molecule is CC(C)CC(NC(=O)C(CCCN=C(N)NOP(=O)(O)OC[C@H]1O[C@@H](n2ccc(N)nc2=O)[C@H](O)[C@@H]1O)NC(=O)C(CCCCNC(=O)OC(C)(C)C)NC(=O)OCC1c2ccccc2-c2ccccc21)C(=O)OCc1ccccc1. The molecule has 1 aliphatic carbocycles. The molecule has 6 rings (SSSR count). The van der Waals surface area contributed by atoms with E-state index in [-0.39, 0.29) is 69.6 Å². The van der Waals surface area contributed by atoms with Crippen LogP contribution in [0.3, 0.4) is 0 Å². The molecule has 1 aromatic heterocycles. The summed E-state index contributed by atoms with van der Waals surface area (Å²) in [5, 5.41) is 31.9. The minimum atomic E-state index is -5.02. The van der Waals surface area contributed by atoms with Gasteiger partial charge in [-0.3, -0.25) is 23.7 Å². The van der Waals surface area contributed by atoms with E-state index in [9.17, 15) is 48.4 Å². The number of phosphoric acid groups is 1. The number of aliphatic hydroxyl groups excluding tert-OH is 2. The molecule has 0 bridgehead atoms. The minimum Gasteiger partial charge on any atom is -0.459 e. The Kier molecular flexibility index (Phi) is 22.7. The van der Waals surface area contributed by atoms with Crippen molar-refractivity contribution in [2.45, 2.75) is 134 Å². The molecule has 3 aromatic carbocycles. The molecule has 81 heavy (non-hydrogen) atoms. The molecule has 1 saturated heterocycles. The van der Waals surface area contributed by atoms with Gasteiger partial charge in [-0.15, -0.1) is 0 Å². The fourth-order valence-corrected chi connectivity index (χ4v) is 9.50. The van der Waals surface area contributed by atoms with E-state index in [2.05, 4.69) is 31.2 Å². The molecule has 1 fully saturated rings. The summed E-state index contributed by atoms with van der Waals surface area (Å²) in [4.78, 5) is 98.7. The Labute approximate surface area is 468 Å². The summed E-state index contributed by atoms with van der Waals surface area (Å²) >= 11 is 0. The fraction of sp³-hybridized carbons (Fsp3) is 0.481. The minimum absolute atomic E-state index is 0.0230. The van der Waals surface area contributed by atoms with E-state index < -0.39 is 104 Å². The van der Waals surface area contributed by atoms with Crippen LogP contribution in [0, 0.1) is 5.92 Å². The van der Waals surface area contributed by atoms with Gasteiger partial charge in [-0.05, 0) is 99.1 Å². The number of nitrogens with one attached hydrogen (secondary N) is 5. The molecule has 4 unspecified atom stereocenters. The molecule has 4 amide bonds. The molecule has 440 valence electrons. The number of aliphatic imine (C=N–C) groups is 1. The van der Waals surface area contributed by atoms with E-state index >= 15 is 0 Å². The zero-order valence-corrected chi connectivity index (χ0v) is 46.6. The number of nitrogen functional groups attached to an aromatic ring is 1. The first-order valence-corrected chi connectivity index (χ1v) is 28.0. The number of rotatable bonds is 27. The average molecular weight is 1150 g/mol. The lowest BCUT2D eigenvalue weighted by atomic mass is 9.98. The molecule has 0 radical (unpaired) electrons. The maximum atomic E-state index is 14.4. The van der Waals surface area contributed by atoms with Crippen LogP contribution in [0.5, 0.6) is 0 Å². The Morgan fingerprint density at radius 3 is 2.06 bits per heavy atom. The Balaban J connectivity index is 1.12. The van der Waals surface area contributed by atoms with E-state index in [4.69, 9.17) is 39.6 Å². The lowest BCUT2D eigenvalue weighted by Crippen LogP contribution is -2.56. The molecule has 12 N–H and O–H groups in total. The molecular weight excluding hydrogens is 1080 g/mol. The molecule has 0 saturated carbocycles. The second-order valence-corrected chi connectivity index (χ2v) is 22.1. The number of amides is 4. The third kappa shape index (κ3) is 19.1. The Hall–Kier alpha value is -7.45. The summed E-state index contributed by atoms with van der Waals surface area (Å²) in [6, 6.07) is 22.0. The average Bonchev–Trinajstić information content (AvgIpc) is 3.58. The van der Waals surface area contributed by atoms with Crippen molar-refractivity contribution in [2.24, 2.45) is 16.6 Å². The van der Waals surface area contributed by atoms with Gasteiger partial charge in [0.25, 0.3) is 0 Å². The standard InChI is InChI=1S/C54H73N10O16P/c1-32(2)28-41(49(69)75-29-33-16-7-6-8-17-33)60-46(67)39(23-15-26-57-50(56)63-80-81(73,74)77-31-42-44(65)45(66)48(78-42)64-27-24-43(55)62-51(64)70)59-47(68)40(22-13-14-25-58-52(71)79-54(3,4)5)61-53(72)76-30-38-36-20-11-9-18-34(36)35-19-10-12-21-37(35)38/h6-12,16-21,24,27,32,38-42,44-45,48,65-66H,13-15,22-23,25-26,28-31H2,1-5H3,(H,58,71)(H,59,68)(H,60,67)(H,61,72)(H,73,74)(H2,55,62,70)(H3,56,57,63)/t39?,40?,41?,42-,44-,45-,48-/m1/s1. The normalized spacial score (nSPS) is 18.8. The number of hydroxylamine groups is 1. The third-order valence-corrected chi connectivity index (χ3v) is 13.6. The number of fused-ring (bicyclic) bond motifs is 3. The van der Waals surface area contributed by atoms with Gasteiger partial charge in [0, 0.05) is 25.2 Å². The van der Waals surface area contributed by atoms with Crippen molar-refractivity contribution in [1.82, 2.24) is 36.3 Å². The van der Waals surface area contributed by atoms with Crippen LogP contribution in [-0.2, 0) is 53.7 Å². The number of aromatic nitrogens is 2. The second kappa shape index (κ2) is 29.3. The number of phosphoric ester groups is 1. The molecule has 2 aliphatic rings. The predicted octanol–water partition coefficient (Wildman–Crippen LogP) is 3.54. The predicted molar refractivity (Wildman–Crippen MR) is 294 cm³/mol. The van der Waals surface area contributed by atoms with Crippen molar-refractivity contribution in [3.05, 3.63) is 118 Å². The number of hydrogen-bond donors (Lipinski definition) is 10. The van der Waals surface area contributed by atoms with Crippen LogP contribution >= 0.6 is 7.82 Å². The monoisotopic (exact) mass is 1150 g/mol. The van der Waals surface area contributed by atoms with E-state index in [1.165, 1.54) is 12.3 Å². The van der Waals surface area contributed by atoms with Gasteiger partial charge >= 0.3 is 31.7 Å². The number of unbranched alkanes of at least 4 members (excludes halogenated alkanes) is 1. The van der Waals surface area contributed by atoms with Crippen molar-refractivity contribution >= 4 is 49.6 Å². The topological polar surface area (TPSA) is 378 Å². The zero-order valence-electron chi connectivity index (χ0n) is 45.7. The van der Waals surface area contributed by atoms with Crippen LogP contribution in [0.25, 0.3) is 11.1 Å². The second-order valence-electron chi connectivity index (χ2n) is 20.7. The number of carbonyl (C=O) groups is 5. The number of nitrogens with zero attached hydrogens (tertiary/aromatic N) is 3. The van der Waals surface area contributed by atoms with Crippen molar-refractivity contribution in [1.29, 1.82) is 0 Å². The number of carbonyl (C=O) groups excluding carboxylic acids is 5. The molecule has 0 spiro atoms. The number of benzene rings is 3. The molecule has 2 heterocycles. The van der Waals surface area contributed by atoms with Gasteiger partial charge in [0.2, 0.25) is 17.8 Å². The maximum Gasteiger partial charge on any atom is 0.493 e. The highest BCUT2D eigenvalue weighted by Gasteiger charge is 2.45. The van der Waals surface area contributed by atoms with Gasteiger partial charge in [-0.1, -0.05) is 92.7 Å². The number of aliphatic hydroxyl groups is 2. The summed E-state index contributed by atoms with van der Waals surface area (Å²) in [5.41, 5.74) is 16.5. The van der Waals surface area contributed by atoms with E-state index in [0.717, 1.165) is 32.4 Å². The Bertz CT molecular complexity index is 2880. The number of hydrogen-bond acceptors (Lipinski definition) is 18. The summed E-state index contributed by atoms with van der Waals surface area (Å²) in [6.45, 7) is 8.00. The number of alkyl carbamates (subject to hydrolysis) is 2. The van der Waals surface area contributed by atoms with Crippen LogP contribution in [0.1, 0.15) is 102 Å². The lowest BCUT2D eigenvalue weighted by molar-refractivity contribution is -0.150. The van der Waals surface area contributed by atoms with E-state index in [1.807, 2.05) is 73.9 Å². The number of anilines is 1. The quantitative estimate of drug-likeness (QED) is 0.00776. The summed E-state index contributed by atoms with van der Waals surface area (Å²) in [5.74, 6) is -3.25. The first kappa shape index (κ1) is 62.7. The van der Waals surface area contributed by atoms with Crippen LogP contribution in [0.4, 0.5) is 15.4 Å². The Morgan fingerprint density at radius 1 is 0.802 bits per heavy atom. The maximum absolute atomic E-state index is 14.4. The van der Waals surface area contributed by atoms with E-state index in [1.54, 1.807) is 45.0 Å². The number of guanidine groups is 1. The van der Waals surface area contributed by atoms with Crippen molar-refractivity contribution in [3.63, 3.8) is 0 Å². The van der Waals surface area contributed by atoms with Crippen molar-refractivity contribution in [3.8, 4) is 11.1 Å². The Morgan fingerprint density at radius 2 is 1.42 bits per heavy atom. The first-order valence-electron chi connectivity index (χ1n) is 26.5. The fourth-order valence-electron chi connectivity index (χ4n) is 8.90.